The van der Waals surface area contributed by atoms with E-state index in [9.17, 15) is 14.7 Å². The molecule has 31 heavy (non-hydrogen) atoms. The van der Waals surface area contributed by atoms with Gasteiger partial charge in [-0.3, -0.25) is 4.79 Å². The van der Waals surface area contributed by atoms with Crippen molar-refractivity contribution in [1.82, 2.24) is 14.7 Å². The lowest BCUT2D eigenvalue weighted by Crippen LogP contribution is -2.37. The number of carbonyl (C=O) groups is 2. The van der Waals surface area contributed by atoms with Gasteiger partial charge < -0.3 is 20.1 Å². The number of ether oxygens (including phenoxy) is 1. The van der Waals surface area contributed by atoms with E-state index in [0.29, 0.717) is 29.5 Å². The van der Waals surface area contributed by atoms with Crippen molar-refractivity contribution in [3.8, 4) is 17.5 Å². The van der Waals surface area contributed by atoms with E-state index in [4.69, 9.17) is 4.74 Å². The second-order valence-electron chi connectivity index (χ2n) is 7.97. The third kappa shape index (κ3) is 4.28. The lowest BCUT2D eigenvalue weighted by molar-refractivity contribution is -0.137. The number of esters is 1. The molecule has 1 aromatic heterocycles. The van der Waals surface area contributed by atoms with Gasteiger partial charge in [0, 0.05) is 31.6 Å². The summed E-state index contributed by atoms with van der Waals surface area (Å²) >= 11 is 0. The van der Waals surface area contributed by atoms with Crippen LogP contribution in [0.3, 0.4) is 0 Å². The molecule has 1 saturated heterocycles. The van der Waals surface area contributed by atoms with Gasteiger partial charge in [-0.05, 0) is 44.4 Å². The number of likely N-dealkylation sites (N-methyl/N-ethyl adjacent to an activating group) is 1. The number of hydrogen-bond acceptors (Lipinski definition) is 6. The largest absolute Gasteiger partial charge is 0.461 e. The van der Waals surface area contributed by atoms with Crippen molar-refractivity contribution in [2.24, 2.45) is 0 Å². The molecule has 8 heteroatoms. The number of carbonyl (C=O) groups excluding carboxylic acids is 2. The third-order valence-corrected chi connectivity index (χ3v) is 5.68. The molecule has 2 N–H and O–H groups in total. The summed E-state index contributed by atoms with van der Waals surface area (Å²) in [6.07, 6.45) is 5.37. The molecule has 2 heterocycles. The van der Waals surface area contributed by atoms with Gasteiger partial charge in [-0.25, -0.2) is 9.48 Å². The smallest absolute Gasteiger partial charge is 0.361 e. The topological polar surface area (TPSA) is 96.7 Å². The Kier molecular flexibility index (Phi) is 5.70. The standard InChI is InChI=1S/C23H26N4O4/c1-3-31-21(28)20-19(24-17-7-5-8-17)15-27(25-20)18-9-4-6-16(14-18)10-11-23(30)12-13-26(2)22(23)29/h4,6,9,14-15,17,24,30H,3,5,7-8,12-13H2,1-2H3/t23-/m0/s1. The van der Waals surface area contributed by atoms with Crippen molar-refractivity contribution in [3.05, 3.63) is 41.7 Å². The van der Waals surface area contributed by atoms with E-state index in [0.717, 1.165) is 12.8 Å². The number of benzene rings is 1. The van der Waals surface area contributed by atoms with Gasteiger partial charge in [0.2, 0.25) is 5.60 Å². The number of aliphatic hydroxyl groups is 1. The Labute approximate surface area is 181 Å². The van der Waals surface area contributed by atoms with Gasteiger partial charge in [0.05, 0.1) is 24.2 Å². The van der Waals surface area contributed by atoms with Gasteiger partial charge in [0.25, 0.3) is 5.91 Å². The van der Waals surface area contributed by atoms with Crippen molar-refractivity contribution in [1.29, 1.82) is 0 Å². The Bertz CT molecular complexity index is 1060. The average Bonchev–Trinajstić information content (AvgIpc) is 3.27. The van der Waals surface area contributed by atoms with E-state index in [1.165, 1.54) is 11.3 Å². The Balaban J connectivity index is 1.62. The maximum Gasteiger partial charge on any atom is 0.361 e. The summed E-state index contributed by atoms with van der Waals surface area (Å²) in [5.41, 5.74) is 0.594. The highest BCUT2D eigenvalue weighted by Crippen LogP contribution is 2.27. The van der Waals surface area contributed by atoms with Crippen LogP contribution in [0.1, 0.15) is 48.7 Å². The molecule has 8 nitrogen and oxygen atoms in total. The van der Waals surface area contributed by atoms with E-state index >= 15 is 0 Å². The van der Waals surface area contributed by atoms with Crippen LogP contribution in [0.5, 0.6) is 0 Å². The van der Waals surface area contributed by atoms with Gasteiger partial charge >= 0.3 is 5.97 Å². The second kappa shape index (κ2) is 8.44. The van der Waals surface area contributed by atoms with Crippen molar-refractivity contribution in [2.75, 3.05) is 25.5 Å². The van der Waals surface area contributed by atoms with E-state index in [1.807, 2.05) is 12.1 Å². The first-order valence-electron chi connectivity index (χ1n) is 10.5. The Morgan fingerprint density at radius 1 is 1.42 bits per heavy atom. The van der Waals surface area contributed by atoms with Gasteiger partial charge in [-0.15, -0.1) is 0 Å². The maximum absolute atomic E-state index is 12.4. The molecule has 2 fully saturated rings. The van der Waals surface area contributed by atoms with Crippen molar-refractivity contribution in [3.63, 3.8) is 0 Å². The molecular formula is C23H26N4O4. The highest BCUT2D eigenvalue weighted by molar-refractivity contribution is 5.93. The minimum absolute atomic E-state index is 0.249. The SMILES string of the molecule is CCOC(=O)c1nn(-c2cccc(C#C[C@]3(O)CCN(C)C3=O)c2)cc1NC1CCC1. The lowest BCUT2D eigenvalue weighted by atomic mass is 9.93. The summed E-state index contributed by atoms with van der Waals surface area (Å²) in [5, 5.41) is 18.3. The molecule has 2 aromatic rings. The van der Waals surface area contributed by atoms with Crippen LogP contribution in [-0.4, -0.2) is 63.5 Å². The van der Waals surface area contributed by atoms with E-state index < -0.39 is 11.6 Å². The van der Waals surface area contributed by atoms with Gasteiger partial charge in [0.15, 0.2) is 5.69 Å². The number of hydrogen-bond donors (Lipinski definition) is 2. The molecule has 162 valence electrons. The number of nitrogens with zero attached hydrogens (tertiary/aromatic N) is 3. The molecule has 4 rings (SSSR count). The van der Waals surface area contributed by atoms with Gasteiger partial charge in [-0.1, -0.05) is 17.9 Å². The van der Waals surface area contributed by atoms with Crippen LogP contribution in [-0.2, 0) is 9.53 Å². The fourth-order valence-corrected chi connectivity index (χ4v) is 3.61. The van der Waals surface area contributed by atoms with Crippen LogP contribution < -0.4 is 5.32 Å². The quantitative estimate of drug-likeness (QED) is 0.565. The maximum atomic E-state index is 12.4. The highest BCUT2D eigenvalue weighted by atomic mass is 16.5. The molecular weight excluding hydrogens is 396 g/mol. The molecule has 1 amide bonds. The Morgan fingerprint density at radius 3 is 2.87 bits per heavy atom. The lowest BCUT2D eigenvalue weighted by Gasteiger charge is -2.26. The predicted molar refractivity (Wildman–Crippen MR) is 115 cm³/mol. The molecule has 0 unspecified atom stereocenters. The van der Waals surface area contributed by atoms with Crippen LogP contribution >= 0.6 is 0 Å². The summed E-state index contributed by atoms with van der Waals surface area (Å²) in [6.45, 7) is 2.51. The van der Waals surface area contributed by atoms with E-state index in [-0.39, 0.29) is 24.6 Å². The van der Waals surface area contributed by atoms with Crippen molar-refractivity contribution in [2.45, 2.75) is 44.2 Å². The van der Waals surface area contributed by atoms with Crippen LogP contribution in [0.25, 0.3) is 5.69 Å². The average molecular weight is 422 g/mol. The van der Waals surface area contributed by atoms with Crippen LogP contribution in [0.15, 0.2) is 30.5 Å². The monoisotopic (exact) mass is 422 g/mol. The zero-order chi connectivity index (χ0) is 22.0. The fraction of sp³-hybridized carbons (Fsp3) is 0.435. The first kappa shape index (κ1) is 20.9. The predicted octanol–water partition coefficient (Wildman–Crippen LogP) is 1.96. The number of likely N-dealkylation sites (tertiary alicyclic amines) is 1. The normalized spacial score (nSPS) is 20.7. The van der Waals surface area contributed by atoms with Crippen LogP contribution in [0, 0.1) is 11.8 Å². The molecule has 1 aliphatic heterocycles. The molecule has 1 aromatic carbocycles. The van der Waals surface area contributed by atoms with E-state index in [1.54, 1.807) is 37.0 Å². The molecule has 2 aliphatic rings. The molecule has 0 radical (unpaired) electrons. The summed E-state index contributed by atoms with van der Waals surface area (Å²) in [4.78, 5) is 26.0. The summed E-state index contributed by atoms with van der Waals surface area (Å²) in [6, 6.07) is 7.60. The fourth-order valence-electron chi connectivity index (χ4n) is 3.61. The first-order chi connectivity index (χ1) is 14.9. The Hall–Kier alpha value is -3.31. The molecule has 0 bridgehead atoms. The molecule has 1 saturated carbocycles. The Morgan fingerprint density at radius 2 is 2.23 bits per heavy atom. The van der Waals surface area contributed by atoms with Crippen LogP contribution in [0.2, 0.25) is 0 Å². The number of amides is 1. The first-order valence-corrected chi connectivity index (χ1v) is 10.5. The summed E-state index contributed by atoms with van der Waals surface area (Å²) in [5.74, 6) is 4.78. The highest BCUT2D eigenvalue weighted by Gasteiger charge is 2.42. The summed E-state index contributed by atoms with van der Waals surface area (Å²) in [7, 11) is 1.65. The zero-order valence-electron chi connectivity index (χ0n) is 17.7. The van der Waals surface area contributed by atoms with Crippen molar-refractivity contribution < 1.29 is 19.4 Å². The number of nitrogens with one attached hydrogen (secondary N) is 1. The number of aromatic nitrogens is 2. The third-order valence-electron chi connectivity index (χ3n) is 5.68. The van der Waals surface area contributed by atoms with Crippen molar-refractivity contribution >= 4 is 17.6 Å². The van der Waals surface area contributed by atoms with E-state index in [2.05, 4.69) is 22.3 Å². The number of anilines is 1. The second-order valence-corrected chi connectivity index (χ2v) is 7.97. The van der Waals surface area contributed by atoms with Gasteiger partial charge in [-0.2, -0.15) is 5.10 Å². The zero-order valence-corrected chi connectivity index (χ0v) is 17.7. The molecule has 0 spiro atoms. The number of rotatable bonds is 5. The van der Waals surface area contributed by atoms with Crippen LogP contribution in [0.4, 0.5) is 5.69 Å². The minimum Gasteiger partial charge on any atom is -0.461 e. The molecule has 1 aliphatic carbocycles. The molecule has 1 atom stereocenters. The minimum atomic E-state index is -1.65. The summed E-state index contributed by atoms with van der Waals surface area (Å²) < 4.78 is 6.77. The van der Waals surface area contributed by atoms with Gasteiger partial charge in [0.1, 0.15) is 0 Å².